The molecule has 0 atom stereocenters. The van der Waals surface area contributed by atoms with Crippen molar-refractivity contribution in [3.05, 3.63) is 99.6 Å². The summed E-state index contributed by atoms with van der Waals surface area (Å²) in [5.74, 6) is -1.25. The van der Waals surface area contributed by atoms with E-state index in [1.165, 1.54) is 43.5 Å². The Labute approximate surface area is 230 Å². The Hall–Kier alpha value is -5.32. The van der Waals surface area contributed by atoms with Crippen LogP contribution in [0.5, 0.6) is 11.5 Å². The molecule has 0 aromatic heterocycles. The minimum Gasteiger partial charge on any atom is -0.497 e. The number of amides is 2. The molecule has 0 spiro atoms. The number of nitrogens with one attached hydrogen (secondary N) is 2. The maximum atomic E-state index is 12.5. The van der Waals surface area contributed by atoms with Crippen LogP contribution in [0, 0.1) is 15.5 Å². The molecule has 0 unspecified atom stereocenters. The molecule has 0 saturated heterocycles. The van der Waals surface area contributed by atoms with Crippen LogP contribution in [0.4, 0.5) is 11.4 Å². The lowest BCUT2D eigenvalue weighted by molar-refractivity contribution is -0.385. The van der Waals surface area contributed by atoms with Gasteiger partial charge in [0, 0.05) is 34.4 Å². The predicted molar refractivity (Wildman–Crippen MR) is 150 cm³/mol. The Bertz CT molecular complexity index is 1460. The van der Waals surface area contributed by atoms with Crippen LogP contribution in [0.2, 0.25) is 0 Å². The number of methoxy groups -OCH3 is 1. The number of benzene rings is 3. The number of hydrazone groups is 1. The number of nitrogens with zero attached hydrogens (tertiary/aromatic N) is 2. The molecule has 40 heavy (non-hydrogen) atoms. The zero-order valence-corrected chi connectivity index (χ0v) is 22.3. The van der Waals surface area contributed by atoms with Gasteiger partial charge < -0.3 is 14.8 Å². The van der Waals surface area contributed by atoms with Crippen LogP contribution in [-0.2, 0) is 9.59 Å². The average molecular weight is 545 g/mol. The Morgan fingerprint density at radius 2 is 1.65 bits per heavy atom. The summed E-state index contributed by atoms with van der Waals surface area (Å²) in [7, 11) is 1.54. The zero-order valence-electron chi connectivity index (χ0n) is 22.3. The van der Waals surface area contributed by atoms with Gasteiger partial charge in [0.2, 0.25) is 11.7 Å². The van der Waals surface area contributed by atoms with Crippen molar-refractivity contribution in [2.45, 2.75) is 20.8 Å². The quantitative estimate of drug-likeness (QED) is 0.0964. The fraction of sp³-hybridized carbons (Fsp3) is 0.172. The molecular formula is C29H28N4O7. The van der Waals surface area contributed by atoms with Gasteiger partial charge in [0.25, 0.3) is 5.91 Å². The molecule has 0 heterocycles. The first-order chi connectivity index (χ1) is 19.0. The number of carbonyl (C=O) groups excluding carboxylic acids is 3. The van der Waals surface area contributed by atoms with Crippen molar-refractivity contribution in [2.75, 3.05) is 12.4 Å². The summed E-state index contributed by atoms with van der Waals surface area (Å²) in [5.41, 5.74) is 2.89. The smallest absolute Gasteiger partial charge is 0.336 e. The van der Waals surface area contributed by atoms with Gasteiger partial charge in [-0.05, 0) is 54.1 Å². The number of rotatable bonds is 9. The van der Waals surface area contributed by atoms with Gasteiger partial charge in [0.1, 0.15) is 5.75 Å². The number of hydrogen-bond donors (Lipinski definition) is 2. The van der Waals surface area contributed by atoms with Crippen LogP contribution in [0.3, 0.4) is 0 Å². The second-order valence-electron chi connectivity index (χ2n) is 9.46. The molecule has 3 rings (SSSR count). The van der Waals surface area contributed by atoms with Gasteiger partial charge >= 0.3 is 11.7 Å². The average Bonchev–Trinajstić information content (AvgIpc) is 2.92. The zero-order chi connectivity index (χ0) is 29.3. The lowest BCUT2D eigenvalue weighted by Gasteiger charge is -2.17. The molecule has 11 heteroatoms. The van der Waals surface area contributed by atoms with E-state index in [0.717, 1.165) is 12.3 Å². The first-order valence-electron chi connectivity index (χ1n) is 12.0. The largest absolute Gasteiger partial charge is 0.497 e. The van der Waals surface area contributed by atoms with E-state index in [-0.39, 0.29) is 22.8 Å². The summed E-state index contributed by atoms with van der Waals surface area (Å²) in [6.45, 7) is 5.36. The maximum Gasteiger partial charge on any atom is 0.336 e. The molecule has 0 radical (unpaired) electrons. The predicted octanol–water partition coefficient (Wildman–Crippen LogP) is 4.97. The normalized spacial score (nSPS) is 11.3. The fourth-order valence-corrected chi connectivity index (χ4v) is 3.16. The van der Waals surface area contributed by atoms with Crippen LogP contribution >= 0.6 is 0 Å². The Kier molecular flexibility index (Phi) is 9.47. The van der Waals surface area contributed by atoms with Crippen LogP contribution in [0.1, 0.15) is 42.3 Å². The SMILES string of the molecule is COc1ccc(/C=C/C(=O)Oc2c(/C=N/NC(=O)c3ccc(NC(=O)C(C)(C)C)cc3)cccc2[N+](=O)[O-])cc1. The van der Waals surface area contributed by atoms with Crippen molar-refractivity contribution in [3.63, 3.8) is 0 Å². The van der Waals surface area contributed by atoms with Crippen molar-refractivity contribution >= 4 is 41.4 Å². The Morgan fingerprint density at radius 1 is 0.975 bits per heavy atom. The number of nitro groups is 1. The number of ether oxygens (including phenoxy) is 2. The highest BCUT2D eigenvalue weighted by Gasteiger charge is 2.22. The molecule has 206 valence electrons. The second kappa shape index (κ2) is 13.0. The van der Waals surface area contributed by atoms with Gasteiger partial charge in [-0.2, -0.15) is 5.10 Å². The molecule has 2 amide bonds. The molecule has 3 aromatic rings. The Balaban J connectivity index is 1.70. The van der Waals surface area contributed by atoms with Gasteiger partial charge in [-0.15, -0.1) is 0 Å². The Morgan fingerprint density at radius 3 is 2.25 bits per heavy atom. The van der Waals surface area contributed by atoms with Crippen LogP contribution in [0.15, 0.2) is 77.9 Å². The maximum absolute atomic E-state index is 12.5. The summed E-state index contributed by atoms with van der Waals surface area (Å²) in [4.78, 5) is 47.9. The summed E-state index contributed by atoms with van der Waals surface area (Å²) in [6, 6.07) is 17.1. The summed E-state index contributed by atoms with van der Waals surface area (Å²) in [6.07, 6.45) is 3.76. The lowest BCUT2D eigenvalue weighted by Crippen LogP contribution is -2.27. The number of para-hydroxylation sites is 1. The monoisotopic (exact) mass is 544 g/mol. The minimum atomic E-state index is -0.845. The number of esters is 1. The fourth-order valence-electron chi connectivity index (χ4n) is 3.16. The summed E-state index contributed by atoms with van der Waals surface area (Å²) in [5, 5.41) is 18.2. The van der Waals surface area contributed by atoms with Crippen LogP contribution < -0.4 is 20.2 Å². The standard InChI is InChI=1S/C29H28N4O7/c1-29(2,3)28(36)31-22-13-11-20(12-14-22)27(35)32-30-18-21-6-5-7-24(33(37)38)26(21)40-25(34)17-10-19-8-15-23(39-4)16-9-19/h5-18H,1-4H3,(H,31,36)(H,32,35)/b17-10+,30-18+. The molecule has 0 aliphatic rings. The van der Waals surface area contributed by atoms with Crippen molar-refractivity contribution < 1.29 is 28.8 Å². The molecular weight excluding hydrogens is 516 g/mol. The summed E-state index contributed by atoms with van der Waals surface area (Å²) >= 11 is 0. The molecule has 0 saturated carbocycles. The molecule has 0 aliphatic heterocycles. The molecule has 0 fully saturated rings. The molecule has 0 aliphatic carbocycles. The van der Waals surface area contributed by atoms with Gasteiger partial charge in [0.15, 0.2) is 0 Å². The number of hydrogen-bond acceptors (Lipinski definition) is 8. The van der Waals surface area contributed by atoms with E-state index in [1.807, 2.05) is 0 Å². The van der Waals surface area contributed by atoms with Gasteiger partial charge in [-0.3, -0.25) is 19.7 Å². The number of carbonyl (C=O) groups is 3. The van der Waals surface area contributed by atoms with Crippen LogP contribution in [0.25, 0.3) is 6.08 Å². The minimum absolute atomic E-state index is 0.0981. The van der Waals surface area contributed by atoms with E-state index in [9.17, 15) is 24.5 Å². The van der Waals surface area contributed by atoms with E-state index >= 15 is 0 Å². The highest BCUT2D eigenvalue weighted by molar-refractivity contribution is 5.98. The molecule has 11 nitrogen and oxygen atoms in total. The molecule has 3 aromatic carbocycles. The van der Waals surface area contributed by atoms with Crippen molar-refractivity contribution in [2.24, 2.45) is 10.5 Å². The van der Waals surface area contributed by atoms with Crippen molar-refractivity contribution in [1.29, 1.82) is 0 Å². The highest BCUT2D eigenvalue weighted by Crippen LogP contribution is 2.30. The van der Waals surface area contributed by atoms with Crippen molar-refractivity contribution in [1.82, 2.24) is 5.43 Å². The highest BCUT2D eigenvalue weighted by atomic mass is 16.6. The third-order valence-corrected chi connectivity index (χ3v) is 5.41. The van der Waals surface area contributed by atoms with Crippen LogP contribution in [-0.4, -0.2) is 36.0 Å². The molecule has 2 N–H and O–H groups in total. The van der Waals surface area contributed by atoms with E-state index in [0.29, 0.717) is 17.0 Å². The number of nitro benzene ring substituents is 1. The number of anilines is 1. The van der Waals surface area contributed by atoms with Crippen molar-refractivity contribution in [3.8, 4) is 11.5 Å². The van der Waals surface area contributed by atoms with E-state index in [1.54, 1.807) is 57.2 Å². The lowest BCUT2D eigenvalue weighted by atomic mass is 9.95. The second-order valence-corrected chi connectivity index (χ2v) is 9.46. The van der Waals surface area contributed by atoms with Gasteiger partial charge in [-0.25, -0.2) is 10.2 Å². The third-order valence-electron chi connectivity index (χ3n) is 5.41. The molecule has 0 bridgehead atoms. The van der Waals surface area contributed by atoms with E-state index in [4.69, 9.17) is 9.47 Å². The first kappa shape index (κ1) is 29.2. The van der Waals surface area contributed by atoms with Gasteiger partial charge in [0.05, 0.1) is 18.2 Å². The first-order valence-corrected chi connectivity index (χ1v) is 12.0. The van der Waals surface area contributed by atoms with Gasteiger partial charge in [-0.1, -0.05) is 39.0 Å². The third kappa shape index (κ3) is 8.09. The van der Waals surface area contributed by atoms with E-state index < -0.39 is 27.9 Å². The summed E-state index contributed by atoms with van der Waals surface area (Å²) < 4.78 is 10.4. The topological polar surface area (TPSA) is 149 Å². The van der Waals surface area contributed by atoms with E-state index in [2.05, 4.69) is 15.8 Å².